The largest absolute Gasteiger partial charge is 0.493 e. The average molecular weight is 486 g/mol. The summed E-state index contributed by atoms with van der Waals surface area (Å²) in [5.74, 6) is 1.78. The second-order valence-electron chi connectivity index (χ2n) is 8.11. The van der Waals surface area contributed by atoms with Crippen LogP contribution in [0.4, 0.5) is 5.82 Å². The number of methoxy groups -OCH3 is 1. The summed E-state index contributed by atoms with van der Waals surface area (Å²) in [5, 5.41) is 0.883. The Kier molecular flexibility index (Phi) is 7.81. The molecule has 0 aliphatic carbocycles. The molecular weight excluding hydrogens is 454 g/mol. The third-order valence-electron chi connectivity index (χ3n) is 5.53. The Hall–Kier alpha value is -2.95. The quantitative estimate of drug-likeness (QED) is 0.486. The van der Waals surface area contributed by atoms with E-state index in [-0.39, 0.29) is 12.1 Å². The van der Waals surface area contributed by atoms with E-state index in [1.54, 1.807) is 24.5 Å². The predicted molar refractivity (Wildman–Crippen MR) is 132 cm³/mol. The smallest absolute Gasteiger partial charge is 0.319 e. The summed E-state index contributed by atoms with van der Waals surface area (Å²) in [5.41, 5.74) is 8.38. The lowest BCUT2D eigenvalue weighted by Crippen LogP contribution is -2.38. The summed E-state index contributed by atoms with van der Waals surface area (Å²) in [6, 6.07) is 7.84. The first kappa shape index (κ1) is 24.2. The molecule has 34 heavy (non-hydrogen) atoms. The number of morpholine rings is 1. The highest BCUT2D eigenvalue weighted by Crippen LogP contribution is 2.36. The molecule has 0 saturated carbocycles. The lowest BCUT2D eigenvalue weighted by atomic mass is 10.2. The van der Waals surface area contributed by atoms with Crippen LogP contribution < -0.4 is 19.9 Å². The molecular formula is C24H31N5O4S. The number of nitrogens with two attached hydrogens (primary N) is 1. The van der Waals surface area contributed by atoms with Gasteiger partial charge in [0.25, 0.3) is 0 Å². The normalized spacial score (nSPS) is 15.2. The number of hydrogen-bond donors (Lipinski definition) is 1. The van der Waals surface area contributed by atoms with E-state index in [0.717, 1.165) is 59.7 Å². The number of rotatable bonds is 9. The van der Waals surface area contributed by atoms with Crippen LogP contribution in [0, 0.1) is 13.8 Å². The van der Waals surface area contributed by atoms with Crippen molar-refractivity contribution in [2.75, 3.05) is 52.3 Å². The molecule has 2 aromatic heterocycles. The number of aryl methyl sites for hydroxylation is 2. The van der Waals surface area contributed by atoms with Gasteiger partial charge in [-0.05, 0) is 39.0 Å². The molecule has 1 aliphatic heterocycles. The highest BCUT2D eigenvalue weighted by Gasteiger charge is 2.19. The van der Waals surface area contributed by atoms with Crippen molar-refractivity contribution >= 4 is 17.2 Å². The van der Waals surface area contributed by atoms with E-state index < -0.39 is 0 Å². The Morgan fingerprint density at radius 2 is 1.91 bits per heavy atom. The molecule has 182 valence electrons. The van der Waals surface area contributed by atoms with Gasteiger partial charge in [0.15, 0.2) is 11.5 Å². The average Bonchev–Trinajstić information content (AvgIpc) is 3.21. The van der Waals surface area contributed by atoms with Gasteiger partial charge in [0, 0.05) is 41.8 Å². The molecule has 0 amide bonds. The van der Waals surface area contributed by atoms with Crippen molar-refractivity contribution in [2.24, 2.45) is 0 Å². The van der Waals surface area contributed by atoms with Crippen LogP contribution >= 0.6 is 11.3 Å². The first-order valence-corrected chi connectivity index (χ1v) is 12.1. The Morgan fingerprint density at radius 3 is 2.65 bits per heavy atom. The Balaban J connectivity index is 1.48. The van der Waals surface area contributed by atoms with Crippen molar-refractivity contribution in [1.29, 1.82) is 0 Å². The lowest BCUT2D eigenvalue weighted by Gasteiger charge is -2.26. The molecule has 9 nitrogen and oxygen atoms in total. The summed E-state index contributed by atoms with van der Waals surface area (Å²) in [7, 11) is 1.65. The van der Waals surface area contributed by atoms with E-state index >= 15 is 0 Å². The van der Waals surface area contributed by atoms with Crippen LogP contribution in [0.5, 0.6) is 17.5 Å². The van der Waals surface area contributed by atoms with Crippen molar-refractivity contribution in [1.82, 2.24) is 19.9 Å². The van der Waals surface area contributed by atoms with Crippen LogP contribution in [-0.2, 0) is 4.74 Å². The van der Waals surface area contributed by atoms with Gasteiger partial charge in [-0.3, -0.25) is 4.90 Å². The molecule has 1 aromatic carbocycles. The van der Waals surface area contributed by atoms with Crippen molar-refractivity contribution in [3.8, 4) is 28.1 Å². The van der Waals surface area contributed by atoms with Crippen molar-refractivity contribution in [3.05, 3.63) is 40.5 Å². The maximum absolute atomic E-state index is 6.10. The maximum Gasteiger partial charge on any atom is 0.319 e. The second-order valence-corrected chi connectivity index (χ2v) is 9.31. The van der Waals surface area contributed by atoms with Crippen LogP contribution in [-0.4, -0.2) is 66.4 Å². The SMILES string of the molecule is COc1ccc(-c2nc(C(C)Oc3nc(C)cc(N)n3)c(C)s2)cc1OCCN1CCOCC1. The minimum atomic E-state index is -0.325. The lowest BCUT2D eigenvalue weighted by molar-refractivity contribution is 0.0321. The van der Waals surface area contributed by atoms with Gasteiger partial charge < -0.3 is 24.7 Å². The summed E-state index contributed by atoms with van der Waals surface area (Å²) >= 11 is 1.61. The van der Waals surface area contributed by atoms with E-state index in [1.807, 2.05) is 39.0 Å². The fraction of sp³-hybridized carbons (Fsp3) is 0.458. The molecule has 2 N–H and O–H groups in total. The molecule has 1 aliphatic rings. The van der Waals surface area contributed by atoms with E-state index in [0.29, 0.717) is 23.9 Å². The Labute approximate surface area is 203 Å². The number of aromatic nitrogens is 3. The molecule has 1 atom stereocenters. The molecule has 1 unspecified atom stereocenters. The molecule has 0 radical (unpaired) electrons. The number of hydrogen-bond acceptors (Lipinski definition) is 10. The number of benzene rings is 1. The zero-order valence-corrected chi connectivity index (χ0v) is 20.9. The standard InChI is InChI=1S/C24H31N5O4S/c1-15-13-21(25)27-24(26-15)33-16(2)22-17(3)34-23(28-22)18-5-6-19(30-4)20(14-18)32-12-9-29-7-10-31-11-8-29/h5-6,13-14,16H,7-12H2,1-4H3,(H2,25,26,27). The second kappa shape index (κ2) is 11.0. The molecule has 1 fully saturated rings. The van der Waals surface area contributed by atoms with Crippen LogP contribution in [0.1, 0.15) is 29.3 Å². The van der Waals surface area contributed by atoms with Gasteiger partial charge in [-0.25, -0.2) is 9.97 Å². The van der Waals surface area contributed by atoms with Crippen molar-refractivity contribution in [3.63, 3.8) is 0 Å². The van der Waals surface area contributed by atoms with Gasteiger partial charge in [0.1, 0.15) is 23.5 Å². The van der Waals surface area contributed by atoms with Crippen LogP contribution in [0.15, 0.2) is 24.3 Å². The van der Waals surface area contributed by atoms with E-state index in [2.05, 4.69) is 14.9 Å². The third-order valence-corrected chi connectivity index (χ3v) is 6.57. The number of nitrogens with zero attached hydrogens (tertiary/aromatic N) is 4. The topological polar surface area (TPSA) is 105 Å². The van der Waals surface area contributed by atoms with Gasteiger partial charge in [-0.15, -0.1) is 11.3 Å². The molecule has 10 heteroatoms. The van der Waals surface area contributed by atoms with Crippen molar-refractivity contribution in [2.45, 2.75) is 26.9 Å². The van der Waals surface area contributed by atoms with Gasteiger partial charge in [0.05, 0.1) is 26.0 Å². The van der Waals surface area contributed by atoms with E-state index in [9.17, 15) is 0 Å². The summed E-state index contributed by atoms with van der Waals surface area (Å²) < 4.78 is 23.0. The third kappa shape index (κ3) is 5.94. The first-order chi connectivity index (χ1) is 16.4. The van der Waals surface area contributed by atoms with E-state index in [1.165, 1.54) is 0 Å². The predicted octanol–water partition coefficient (Wildman–Crippen LogP) is 3.66. The summed E-state index contributed by atoms with van der Waals surface area (Å²) in [6.45, 7) is 10.7. The number of thiazole rings is 1. The Bertz CT molecular complexity index is 1100. The van der Waals surface area contributed by atoms with Gasteiger partial charge >= 0.3 is 6.01 Å². The number of ether oxygens (including phenoxy) is 4. The van der Waals surface area contributed by atoms with Crippen molar-refractivity contribution < 1.29 is 18.9 Å². The fourth-order valence-corrected chi connectivity index (χ4v) is 4.77. The van der Waals surface area contributed by atoms with Crippen LogP contribution in [0.3, 0.4) is 0 Å². The molecule has 3 aromatic rings. The minimum absolute atomic E-state index is 0.249. The first-order valence-electron chi connectivity index (χ1n) is 11.3. The highest BCUT2D eigenvalue weighted by molar-refractivity contribution is 7.15. The van der Waals surface area contributed by atoms with E-state index in [4.69, 9.17) is 29.7 Å². The van der Waals surface area contributed by atoms with Crippen LogP contribution in [0.25, 0.3) is 10.6 Å². The summed E-state index contributed by atoms with van der Waals surface area (Å²) in [4.78, 5) is 16.7. The molecule has 4 rings (SSSR count). The monoisotopic (exact) mass is 485 g/mol. The highest BCUT2D eigenvalue weighted by atomic mass is 32.1. The molecule has 0 spiro atoms. The van der Waals surface area contributed by atoms with Crippen LogP contribution in [0.2, 0.25) is 0 Å². The maximum atomic E-state index is 6.10. The zero-order valence-electron chi connectivity index (χ0n) is 20.0. The fourth-order valence-electron chi connectivity index (χ4n) is 3.77. The molecule has 0 bridgehead atoms. The Morgan fingerprint density at radius 1 is 1.12 bits per heavy atom. The molecule has 3 heterocycles. The minimum Gasteiger partial charge on any atom is -0.493 e. The van der Waals surface area contributed by atoms with Gasteiger partial charge in [0.2, 0.25) is 0 Å². The number of anilines is 1. The summed E-state index contributed by atoms with van der Waals surface area (Å²) in [6.07, 6.45) is -0.325. The number of nitrogen functional groups attached to an aromatic ring is 1. The zero-order chi connectivity index (χ0) is 24.1. The molecule has 1 saturated heterocycles. The van der Waals surface area contributed by atoms with Gasteiger partial charge in [-0.2, -0.15) is 4.98 Å². The van der Waals surface area contributed by atoms with Gasteiger partial charge in [-0.1, -0.05) is 0 Å².